The molecule has 1 atom stereocenters. The van der Waals surface area contributed by atoms with Gasteiger partial charge in [-0.05, 0) is 37.3 Å². The van der Waals surface area contributed by atoms with Crippen molar-refractivity contribution in [1.29, 1.82) is 0 Å². The summed E-state index contributed by atoms with van der Waals surface area (Å²) in [7, 11) is -3.58. The summed E-state index contributed by atoms with van der Waals surface area (Å²) in [4.78, 5) is 8.73. The lowest BCUT2D eigenvalue weighted by molar-refractivity contribution is 0.157. The molecule has 8 nitrogen and oxygen atoms in total. The van der Waals surface area contributed by atoms with Gasteiger partial charge in [0.15, 0.2) is 4.99 Å². The van der Waals surface area contributed by atoms with Crippen LogP contribution in [0.3, 0.4) is 0 Å². The molecule has 1 aromatic heterocycles. The molecule has 0 saturated heterocycles. The lowest BCUT2D eigenvalue weighted by Gasteiger charge is -2.37. The summed E-state index contributed by atoms with van der Waals surface area (Å²) in [6.07, 6.45) is 6.02. The van der Waals surface area contributed by atoms with Crippen molar-refractivity contribution >= 4 is 39.1 Å². The van der Waals surface area contributed by atoms with Gasteiger partial charge < -0.3 is 9.64 Å². The number of hydrogen-bond acceptors (Lipinski definition) is 7. The fourth-order valence-electron chi connectivity index (χ4n) is 3.11. The van der Waals surface area contributed by atoms with E-state index in [-0.39, 0.29) is 0 Å². The first-order valence-corrected chi connectivity index (χ1v) is 12.2. The largest absolute Gasteiger partial charge is 0.477 e. The average Bonchev–Trinajstić information content (AvgIpc) is 3.52. The van der Waals surface area contributed by atoms with Gasteiger partial charge in [-0.2, -0.15) is 4.72 Å². The number of nitrogens with zero attached hydrogens (tertiary/aromatic N) is 3. The molecule has 1 saturated carbocycles. The molecule has 1 N–H and O–H groups in total. The molecular formula is C19H20ClN4O4S2. The smallest absolute Gasteiger partial charge is 0.232 e. The lowest BCUT2D eigenvalue weighted by atomic mass is 10.1. The summed E-state index contributed by atoms with van der Waals surface area (Å²) in [6.45, 7) is 1.66. The van der Waals surface area contributed by atoms with E-state index in [1.807, 2.05) is 6.92 Å². The highest BCUT2D eigenvalue weighted by Gasteiger charge is 2.47. The van der Waals surface area contributed by atoms with Gasteiger partial charge in [-0.3, -0.25) is 4.98 Å². The second kappa shape index (κ2) is 8.35. The molecule has 2 heterocycles. The molecule has 0 amide bonds. The third-order valence-electron chi connectivity index (χ3n) is 4.73. The predicted octanol–water partition coefficient (Wildman–Crippen LogP) is 3.39. The average molecular weight is 468 g/mol. The Morgan fingerprint density at radius 2 is 2.17 bits per heavy atom. The summed E-state index contributed by atoms with van der Waals surface area (Å²) in [5.41, 5.74) is 1.83. The minimum Gasteiger partial charge on any atom is -0.477 e. The molecule has 1 aromatic carbocycles. The van der Waals surface area contributed by atoms with E-state index < -0.39 is 26.9 Å². The topological polar surface area (TPSA) is 104 Å². The first kappa shape index (κ1) is 21.4. The number of aromatic nitrogens is 2. The Bertz CT molecular complexity index is 1080. The first-order chi connectivity index (χ1) is 14.4. The van der Waals surface area contributed by atoms with Crippen molar-refractivity contribution in [2.45, 2.75) is 30.0 Å². The predicted molar refractivity (Wildman–Crippen MR) is 116 cm³/mol. The molecule has 2 aromatic rings. The maximum atomic E-state index is 12.5. The van der Waals surface area contributed by atoms with Crippen LogP contribution in [0.25, 0.3) is 11.3 Å². The molecule has 1 aliphatic heterocycles. The van der Waals surface area contributed by atoms with Crippen molar-refractivity contribution < 1.29 is 18.3 Å². The molecular weight excluding hydrogens is 448 g/mol. The van der Waals surface area contributed by atoms with Gasteiger partial charge in [0.05, 0.1) is 40.7 Å². The van der Waals surface area contributed by atoms with Crippen LogP contribution in [0, 0.1) is 0 Å². The van der Waals surface area contributed by atoms with Crippen molar-refractivity contribution in [3.05, 3.63) is 47.2 Å². The van der Waals surface area contributed by atoms with Crippen LogP contribution in [0.15, 0.2) is 42.2 Å². The fourth-order valence-corrected chi connectivity index (χ4v) is 6.20. The van der Waals surface area contributed by atoms with Crippen LogP contribution in [-0.2, 0) is 15.1 Å². The number of ether oxygens (including phenoxy) is 1. The van der Waals surface area contributed by atoms with Crippen molar-refractivity contribution in [1.82, 2.24) is 14.7 Å². The van der Waals surface area contributed by atoms with Crippen LogP contribution in [0.5, 0.6) is 5.88 Å². The summed E-state index contributed by atoms with van der Waals surface area (Å²) in [5.74, 6) is 0.411. The molecule has 1 unspecified atom stereocenters. The molecule has 1 fully saturated rings. The highest BCUT2D eigenvalue weighted by Crippen LogP contribution is 2.43. The number of anilines is 1. The normalized spacial score (nSPS) is 21.2. The van der Waals surface area contributed by atoms with Crippen molar-refractivity contribution in [2.75, 3.05) is 18.1 Å². The Balaban J connectivity index is 1.64. The van der Waals surface area contributed by atoms with Gasteiger partial charge in [0.1, 0.15) is 6.61 Å². The second-order valence-electron chi connectivity index (χ2n) is 6.89. The van der Waals surface area contributed by atoms with Gasteiger partial charge >= 0.3 is 0 Å². The number of benzene rings is 1. The van der Waals surface area contributed by atoms with E-state index in [1.54, 1.807) is 40.9 Å². The zero-order valence-corrected chi connectivity index (χ0v) is 18.5. The Morgan fingerprint density at radius 3 is 2.83 bits per heavy atom. The van der Waals surface area contributed by atoms with Crippen LogP contribution in [0.2, 0.25) is 5.02 Å². The Morgan fingerprint density at radius 1 is 1.37 bits per heavy atom. The molecule has 1 aliphatic carbocycles. The molecule has 4 rings (SSSR count). The highest BCUT2D eigenvalue weighted by molar-refractivity contribution is 8.04. The number of halogens is 1. The van der Waals surface area contributed by atoms with Crippen LogP contribution in [-0.4, -0.2) is 41.8 Å². The van der Waals surface area contributed by atoms with Gasteiger partial charge in [-0.1, -0.05) is 29.4 Å². The maximum Gasteiger partial charge on any atom is 0.232 e. The van der Waals surface area contributed by atoms with Crippen molar-refractivity contribution in [2.24, 2.45) is 0 Å². The van der Waals surface area contributed by atoms with Gasteiger partial charge in [0.25, 0.3) is 0 Å². The van der Waals surface area contributed by atoms with Crippen LogP contribution < -0.4 is 14.4 Å². The van der Waals surface area contributed by atoms with Gasteiger partial charge in [0, 0.05) is 11.8 Å². The number of rotatable bonds is 8. The van der Waals surface area contributed by atoms with Crippen LogP contribution in [0.4, 0.5) is 5.69 Å². The Hall–Kier alpha value is -1.85. The summed E-state index contributed by atoms with van der Waals surface area (Å²) < 4.78 is 33.0. The third-order valence-corrected chi connectivity index (χ3v) is 8.20. The minimum atomic E-state index is -3.58. The van der Waals surface area contributed by atoms with E-state index in [0.717, 1.165) is 17.3 Å². The molecule has 0 bridgehead atoms. The summed E-state index contributed by atoms with van der Waals surface area (Å²) in [5, 5.41) is 13.8. The molecule has 30 heavy (non-hydrogen) atoms. The molecule has 1 radical (unpaired) electrons. The van der Waals surface area contributed by atoms with Gasteiger partial charge in [-0.15, -0.1) is 0 Å². The number of nitrogens with one attached hydrogen (secondary N) is 1. The van der Waals surface area contributed by atoms with Crippen LogP contribution >= 0.6 is 23.4 Å². The summed E-state index contributed by atoms with van der Waals surface area (Å²) in [6, 6.07) is 5.24. The number of hydrogen-bond donors (Lipinski definition) is 1. The molecule has 159 valence electrons. The SMILES string of the molecule is CCOc1cncc(-c2ccc(N3C=CSC3(C[O])NS(=O)(=O)C3CC3)c(Cl)c2)n1. The van der Waals surface area contributed by atoms with E-state index in [4.69, 9.17) is 16.3 Å². The zero-order valence-electron chi connectivity index (χ0n) is 16.1. The van der Waals surface area contributed by atoms with E-state index >= 15 is 0 Å². The summed E-state index contributed by atoms with van der Waals surface area (Å²) >= 11 is 7.67. The van der Waals surface area contributed by atoms with E-state index in [9.17, 15) is 13.5 Å². The zero-order chi connectivity index (χ0) is 21.4. The highest BCUT2D eigenvalue weighted by atomic mass is 35.5. The lowest BCUT2D eigenvalue weighted by Crippen LogP contribution is -2.57. The Labute approximate surface area is 184 Å². The fraction of sp³-hybridized carbons (Fsp3) is 0.368. The molecule has 0 spiro atoms. The van der Waals surface area contributed by atoms with E-state index in [1.165, 1.54) is 6.20 Å². The molecule has 11 heteroatoms. The van der Waals surface area contributed by atoms with Crippen molar-refractivity contribution in [3.63, 3.8) is 0 Å². The number of sulfonamides is 1. The van der Waals surface area contributed by atoms with Gasteiger partial charge in [-0.25, -0.2) is 18.5 Å². The van der Waals surface area contributed by atoms with E-state index in [2.05, 4.69) is 14.7 Å². The van der Waals surface area contributed by atoms with Crippen LogP contribution in [0.1, 0.15) is 19.8 Å². The second-order valence-corrected chi connectivity index (χ2v) is 10.4. The minimum absolute atomic E-state index is 0.353. The monoisotopic (exact) mass is 467 g/mol. The maximum absolute atomic E-state index is 12.5. The van der Waals surface area contributed by atoms with Gasteiger partial charge in [0.2, 0.25) is 15.9 Å². The number of thioether (sulfide) groups is 1. The molecule has 2 aliphatic rings. The quantitative estimate of drug-likeness (QED) is 0.634. The van der Waals surface area contributed by atoms with E-state index in [0.29, 0.717) is 41.7 Å². The first-order valence-electron chi connectivity index (χ1n) is 9.38. The van der Waals surface area contributed by atoms with Crippen molar-refractivity contribution in [3.8, 4) is 17.1 Å². The third kappa shape index (κ3) is 4.15. The Kier molecular flexibility index (Phi) is 5.95. The standard InChI is InChI=1S/C19H20ClN4O4S2/c1-2-28-18-11-21-10-16(22-18)13-3-6-17(15(20)9-13)24-7-8-29-19(24,12-25)23-30(26,27)14-4-5-14/h3,6-11,14,23H,2,4-5,12H2,1H3.